The molecule has 0 aromatic carbocycles. The summed E-state index contributed by atoms with van der Waals surface area (Å²) >= 11 is 0. The number of ether oxygens (including phenoxy) is 2. The van der Waals surface area contributed by atoms with Crippen molar-refractivity contribution in [2.75, 3.05) is 26.9 Å². The molecule has 0 amide bonds. The first-order valence-electron chi connectivity index (χ1n) is 6.86. The van der Waals surface area contributed by atoms with Crippen LogP contribution in [0.1, 0.15) is 46.5 Å². The van der Waals surface area contributed by atoms with Crippen molar-refractivity contribution in [3.05, 3.63) is 0 Å². The van der Waals surface area contributed by atoms with E-state index in [1.807, 2.05) is 7.11 Å². The molecule has 0 N–H and O–H groups in total. The van der Waals surface area contributed by atoms with Gasteiger partial charge in [0.2, 0.25) is 0 Å². The topological polar surface area (TPSA) is 21.7 Å². The van der Waals surface area contributed by atoms with Gasteiger partial charge in [-0.2, -0.15) is 0 Å². The average molecular weight is 241 g/mol. The summed E-state index contributed by atoms with van der Waals surface area (Å²) in [7, 11) is 1.81. The Morgan fingerprint density at radius 2 is 2.06 bits per heavy atom. The standard InChI is InChI=1S/C14H27NO2/c1-13(2,3)17-11-14-7-5-9-15(14)12(6-8-14)10-16-4/h12H,5-11H2,1-4H3/t12-,14-/m0/s1. The summed E-state index contributed by atoms with van der Waals surface area (Å²) in [6.45, 7) is 9.41. The number of hydrogen-bond acceptors (Lipinski definition) is 3. The van der Waals surface area contributed by atoms with Crippen LogP contribution in [-0.2, 0) is 9.47 Å². The normalized spacial score (nSPS) is 34.2. The fraction of sp³-hybridized carbons (Fsp3) is 1.00. The van der Waals surface area contributed by atoms with Crippen molar-refractivity contribution in [3.8, 4) is 0 Å². The molecule has 3 heteroatoms. The molecular formula is C14H27NO2. The van der Waals surface area contributed by atoms with Crippen LogP contribution in [0.4, 0.5) is 0 Å². The van der Waals surface area contributed by atoms with E-state index in [2.05, 4.69) is 25.7 Å². The fourth-order valence-corrected chi connectivity index (χ4v) is 3.33. The minimum absolute atomic E-state index is 0.0254. The zero-order valence-corrected chi connectivity index (χ0v) is 11.8. The molecule has 0 unspecified atom stereocenters. The summed E-state index contributed by atoms with van der Waals surface area (Å²) in [6, 6.07) is 0.617. The highest BCUT2D eigenvalue weighted by molar-refractivity contribution is 5.04. The van der Waals surface area contributed by atoms with Crippen LogP contribution in [-0.4, -0.2) is 49.0 Å². The van der Waals surface area contributed by atoms with Crippen molar-refractivity contribution in [1.82, 2.24) is 4.90 Å². The molecule has 0 radical (unpaired) electrons. The van der Waals surface area contributed by atoms with Gasteiger partial charge >= 0.3 is 0 Å². The molecule has 0 aliphatic carbocycles. The molecule has 0 bridgehead atoms. The van der Waals surface area contributed by atoms with E-state index in [1.54, 1.807) is 0 Å². The molecule has 2 saturated heterocycles. The van der Waals surface area contributed by atoms with E-state index >= 15 is 0 Å². The van der Waals surface area contributed by atoms with Gasteiger partial charge in [-0.25, -0.2) is 0 Å². The van der Waals surface area contributed by atoms with Gasteiger partial charge in [0.25, 0.3) is 0 Å². The van der Waals surface area contributed by atoms with Crippen molar-refractivity contribution >= 4 is 0 Å². The molecule has 2 aliphatic heterocycles. The zero-order valence-electron chi connectivity index (χ0n) is 11.8. The molecule has 2 aliphatic rings. The Morgan fingerprint density at radius 3 is 2.71 bits per heavy atom. The zero-order chi connectivity index (χ0) is 12.5. The summed E-state index contributed by atoms with van der Waals surface area (Å²) in [5.74, 6) is 0. The molecule has 0 spiro atoms. The third-order valence-corrected chi connectivity index (χ3v) is 4.17. The van der Waals surface area contributed by atoms with Gasteiger partial charge < -0.3 is 9.47 Å². The molecule has 0 aromatic heterocycles. The van der Waals surface area contributed by atoms with E-state index in [0.717, 1.165) is 13.2 Å². The highest BCUT2D eigenvalue weighted by Gasteiger charge is 2.49. The summed E-state index contributed by atoms with van der Waals surface area (Å²) < 4.78 is 11.4. The van der Waals surface area contributed by atoms with E-state index in [-0.39, 0.29) is 5.60 Å². The summed E-state index contributed by atoms with van der Waals surface area (Å²) in [5.41, 5.74) is 0.291. The van der Waals surface area contributed by atoms with Gasteiger partial charge in [-0.05, 0) is 53.0 Å². The van der Waals surface area contributed by atoms with E-state index in [0.29, 0.717) is 11.6 Å². The van der Waals surface area contributed by atoms with Gasteiger partial charge in [-0.15, -0.1) is 0 Å². The van der Waals surface area contributed by atoms with Gasteiger partial charge in [0, 0.05) is 18.7 Å². The van der Waals surface area contributed by atoms with Gasteiger partial charge in [0.1, 0.15) is 0 Å². The molecule has 2 rings (SSSR count). The summed E-state index contributed by atoms with van der Waals surface area (Å²) in [6.07, 6.45) is 5.15. The molecule has 2 atom stereocenters. The van der Waals surface area contributed by atoms with Gasteiger partial charge in [0.05, 0.1) is 18.8 Å². The summed E-state index contributed by atoms with van der Waals surface area (Å²) in [5, 5.41) is 0. The maximum atomic E-state index is 6.06. The van der Waals surface area contributed by atoms with E-state index in [1.165, 1.54) is 32.2 Å². The lowest BCUT2D eigenvalue weighted by molar-refractivity contribution is -0.0597. The van der Waals surface area contributed by atoms with Gasteiger partial charge in [-0.3, -0.25) is 4.90 Å². The van der Waals surface area contributed by atoms with Crippen LogP contribution in [0, 0.1) is 0 Å². The third kappa shape index (κ3) is 2.83. The number of methoxy groups -OCH3 is 1. The quantitative estimate of drug-likeness (QED) is 0.754. The van der Waals surface area contributed by atoms with E-state index < -0.39 is 0 Å². The minimum atomic E-state index is -0.0254. The van der Waals surface area contributed by atoms with Gasteiger partial charge in [0.15, 0.2) is 0 Å². The van der Waals surface area contributed by atoms with Crippen molar-refractivity contribution in [3.63, 3.8) is 0 Å². The van der Waals surface area contributed by atoms with Crippen LogP contribution in [0.25, 0.3) is 0 Å². The first-order chi connectivity index (χ1) is 7.97. The molecule has 0 aromatic rings. The Labute approximate surface area is 105 Å². The predicted molar refractivity (Wildman–Crippen MR) is 69.3 cm³/mol. The Balaban J connectivity index is 1.99. The van der Waals surface area contributed by atoms with E-state index in [4.69, 9.17) is 9.47 Å². The van der Waals surface area contributed by atoms with Crippen molar-refractivity contribution in [2.45, 2.75) is 63.6 Å². The Bertz CT molecular complexity index is 261. The Hall–Kier alpha value is -0.120. The van der Waals surface area contributed by atoms with Crippen LogP contribution in [0.5, 0.6) is 0 Å². The molecular weight excluding hydrogens is 214 g/mol. The molecule has 100 valence electrons. The number of nitrogens with zero attached hydrogens (tertiary/aromatic N) is 1. The lowest BCUT2D eigenvalue weighted by Gasteiger charge is -2.37. The van der Waals surface area contributed by atoms with Crippen LogP contribution in [0.3, 0.4) is 0 Å². The lowest BCUT2D eigenvalue weighted by Crippen LogP contribution is -2.48. The monoisotopic (exact) mass is 241 g/mol. The lowest BCUT2D eigenvalue weighted by atomic mass is 9.95. The smallest absolute Gasteiger partial charge is 0.0657 e. The third-order valence-electron chi connectivity index (χ3n) is 4.17. The first kappa shape index (κ1) is 13.3. The minimum Gasteiger partial charge on any atom is -0.383 e. The second-order valence-electron chi connectivity index (χ2n) is 6.57. The van der Waals surface area contributed by atoms with Crippen LogP contribution in [0.2, 0.25) is 0 Å². The van der Waals surface area contributed by atoms with Crippen LogP contribution >= 0.6 is 0 Å². The Morgan fingerprint density at radius 1 is 1.29 bits per heavy atom. The maximum absolute atomic E-state index is 6.06. The largest absolute Gasteiger partial charge is 0.383 e. The number of fused-ring (bicyclic) bond motifs is 1. The fourth-order valence-electron chi connectivity index (χ4n) is 3.33. The molecule has 2 heterocycles. The second-order valence-corrected chi connectivity index (χ2v) is 6.57. The van der Waals surface area contributed by atoms with Crippen molar-refractivity contribution in [1.29, 1.82) is 0 Å². The van der Waals surface area contributed by atoms with Gasteiger partial charge in [-0.1, -0.05) is 0 Å². The number of rotatable bonds is 4. The highest BCUT2D eigenvalue weighted by Crippen LogP contribution is 2.43. The van der Waals surface area contributed by atoms with Crippen LogP contribution in [0.15, 0.2) is 0 Å². The summed E-state index contributed by atoms with van der Waals surface area (Å²) in [4.78, 5) is 2.66. The average Bonchev–Trinajstić information content (AvgIpc) is 2.76. The van der Waals surface area contributed by atoms with Crippen molar-refractivity contribution < 1.29 is 9.47 Å². The number of hydrogen-bond donors (Lipinski definition) is 0. The van der Waals surface area contributed by atoms with E-state index in [9.17, 15) is 0 Å². The predicted octanol–water partition coefficient (Wildman–Crippen LogP) is 2.44. The van der Waals surface area contributed by atoms with Crippen LogP contribution < -0.4 is 0 Å². The first-order valence-corrected chi connectivity index (χ1v) is 6.86. The molecule has 17 heavy (non-hydrogen) atoms. The molecule has 2 fully saturated rings. The molecule has 0 saturated carbocycles. The Kier molecular flexibility index (Phi) is 3.81. The molecule has 3 nitrogen and oxygen atoms in total. The second kappa shape index (κ2) is 4.87. The van der Waals surface area contributed by atoms with Crippen molar-refractivity contribution in [2.24, 2.45) is 0 Å². The maximum Gasteiger partial charge on any atom is 0.0657 e. The SMILES string of the molecule is COC[C@@H]1CC[C@]2(COC(C)(C)C)CCCN12. The highest BCUT2D eigenvalue weighted by atomic mass is 16.5.